The molecule has 15 heteroatoms. The number of carbonyl (C=O) groups excluding carboxylic acids is 3. The monoisotopic (exact) mass is 1840 g/mol. The molecule has 0 spiro atoms. The lowest BCUT2D eigenvalue weighted by atomic mass is 9.90. The Balaban J connectivity index is 0.000000163. The first-order valence-electron chi connectivity index (χ1n) is 42.8. The number of hydrogen-bond acceptors (Lipinski definition) is 7. The number of nitrogens with zero attached hydrogens (tertiary/aromatic N) is 4. The van der Waals surface area contributed by atoms with Crippen LogP contribution in [0.15, 0.2) is 364 Å². The average Bonchev–Trinajstić information content (AvgIpc) is 0.817. The molecule has 0 bridgehead atoms. The molecule has 12 aromatic rings. The molecule has 12 aromatic carbocycles. The molecule has 3 amide bonds. The van der Waals surface area contributed by atoms with Crippen LogP contribution < -0.4 is 69.6 Å². The summed E-state index contributed by atoms with van der Waals surface area (Å²) in [6.07, 6.45) is 8.94. The molecule has 4 fully saturated rings. The van der Waals surface area contributed by atoms with Crippen molar-refractivity contribution < 1.29 is 81.2 Å². The molecule has 4 aliphatic rings. The molecule has 121 heavy (non-hydrogen) atoms. The van der Waals surface area contributed by atoms with Crippen LogP contribution in [-0.4, -0.2) is 138 Å². The number of carboxylic acid groups (broad SMARTS) is 1. The number of carbonyl (C=O) groups is 4. The zero-order valence-corrected chi connectivity index (χ0v) is 74.4. The number of halogens is 2. The second-order valence-electron chi connectivity index (χ2n) is 33.1. The van der Waals surface area contributed by atoms with Crippen LogP contribution in [-0.2, 0) is 45.4 Å². The fourth-order valence-electron chi connectivity index (χ4n) is 17.7. The van der Waals surface area contributed by atoms with Gasteiger partial charge in [-0.15, -0.1) is 0 Å². The standard InChI is InChI=1S/2C27H30N2O.C26H28N2O.C14H12O2.C12H18N2.2HI/c2*1-29(20-22-12-5-2-6-13-22)19-11-18-25(21-29)28-27(30)26(23-14-7-3-8-15-23)24-16-9-4-10-17-24;29-26(25(22-13-6-2-7-14-22)23-15-8-3-9-16-23)27-24-17-10-18-28(20-24)19-21-11-4-1-5-12-21;15-14(16)13(11-7-3-1-4-8-11)12-9-5-2-6-10-12;13-12-7-4-8-14(10-12)9-11-5-2-1-3-6-11;;/h2*2-10,12-17,25-26H,11,18-21H2,1H3;1-9,11-16,24-25H,10,17-20H2,(H,27,29);1-10,13H,(H,15,16);1-3,5-6,12H,4,7-10,13H2;2*1H/t25-,29+;25-,29-;24-;;12-;;/m000.0../s1. The maximum atomic E-state index is 13.5. The number of nitrogens with two attached hydrogens (primary N) is 1. The molecule has 16 rings (SSSR count). The summed E-state index contributed by atoms with van der Waals surface area (Å²) >= 11 is 0. The van der Waals surface area contributed by atoms with E-state index in [1.165, 1.54) is 41.6 Å². The van der Waals surface area contributed by atoms with Gasteiger partial charge in [-0.25, -0.2) is 0 Å². The van der Waals surface area contributed by atoms with Crippen molar-refractivity contribution in [1.82, 2.24) is 25.8 Å². The number of nitrogens with one attached hydrogen (secondary N) is 3. The van der Waals surface area contributed by atoms with E-state index >= 15 is 0 Å². The van der Waals surface area contributed by atoms with Crippen molar-refractivity contribution in [3.63, 3.8) is 0 Å². The summed E-state index contributed by atoms with van der Waals surface area (Å²) in [4.78, 5) is 56.5. The van der Waals surface area contributed by atoms with E-state index in [0.29, 0.717) is 6.04 Å². The third-order valence-corrected chi connectivity index (χ3v) is 23.3. The number of likely N-dealkylation sites (tertiary alicyclic amines) is 4. The van der Waals surface area contributed by atoms with Crippen molar-refractivity contribution in [2.24, 2.45) is 5.73 Å². The smallest absolute Gasteiger partial charge is 0.315 e. The predicted octanol–water partition coefficient (Wildman–Crippen LogP) is 12.6. The highest BCUT2D eigenvalue weighted by Gasteiger charge is 2.37. The van der Waals surface area contributed by atoms with Crippen LogP contribution in [0.25, 0.3) is 0 Å². The van der Waals surface area contributed by atoms with Crippen LogP contribution in [0.4, 0.5) is 0 Å². The van der Waals surface area contributed by atoms with Crippen molar-refractivity contribution in [3.8, 4) is 0 Å². The van der Waals surface area contributed by atoms with Gasteiger partial charge in [-0.3, -0.25) is 29.0 Å². The van der Waals surface area contributed by atoms with Crippen LogP contribution >= 0.6 is 0 Å². The lowest BCUT2D eigenvalue weighted by Crippen LogP contribution is -3.00. The molecule has 0 aliphatic carbocycles. The Morgan fingerprint density at radius 1 is 0.322 bits per heavy atom. The Kier molecular flexibility index (Phi) is 37.7. The number of benzene rings is 12. The minimum absolute atomic E-state index is 0. The summed E-state index contributed by atoms with van der Waals surface area (Å²) in [6.45, 7) is 12.5. The molecule has 0 unspecified atom stereocenters. The van der Waals surface area contributed by atoms with Crippen LogP contribution in [0.1, 0.15) is 142 Å². The van der Waals surface area contributed by atoms with Gasteiger partial charge in [0.15, 0.2) is 0 Å². The Hall–Kier alpha value is -10.2. The highest BCUT2D eigenvalue weighted by molar-refractivity contribution is 5.89. The number of hydrogen-bond donors (Lipinski definition) is 5. The second-order valence-corrected chi connectivity index (χ2v) is 33.1. The van der Waals surface area contributed by atoms with Gasteiger partial charge in [-0.05, 0) is 120 Å². The van der Waals surface area contributed by atoms with Gasteiger partial charge >= 0.3 is 5.97 Å². The first-order valence-corrected chi connectivity index (χ1v) is 42.8. The summed E-state index contributed by atoms with van der Waals surface area (Å²) in [5.74, 6) is -1.93. The number of quaternary nitrogens is 2. The average molecular weight is 1840 g/mol. The quantitative estimate of drug-likeness (QED) is 0.0313. The molecule has 4 aliphatic heterocycles. The van der Waals surface area contributed by atoms with Crippen LogP contribution in [0, 0.1) is 0 Å². The van der Waals surface area contributed by atoms with E-state index in [2.05, 4.69) is 161 Å². The van der Waals surface area contributed by atoms with E-state index in [1.54, 1.807) is 0 Å². The molecule has 0 saturated carbocycles. The zero-order valence-electron chi connectivity index (χ0n) is 70.1. The van der Waals surface area contributed by atoms with E-state index in [4.69, 9.17) is 5.73 Å². The number of aliphatic carboxylic acids is 1. The van der Waals surface area contributed by atoms with Crippen molar-refractivity contribution in [1.29, 1.82) is 0 Å². The SMILES string of the molecule is C[N@+]1(Cc2ccccc2)CCC[C@H](NC(=O)C(c2ccccc2)c2ccccc2)C1.C[N@@+]1(Cc2ccccc2)CCC[C@H](NC(=O)C(c2ccccc2)c2ccccc2)C1.N[C@H]1CCCN(Cc2ccccc2)C1.O=C(N[C@H]1CCCN(Cc2ccccc2)C1)C(c1ccccc1)c1ccccc1.O=C(O)C(c1ccccc1)c1ccccc1.[I-].[I-]. The largest absolute Gasteiger partial charge is 1.00 e. The number of rotatable bonds is 23. The Bertz CT molecular complexity index is 4620. The minimum Gasteiger partial charge on any atom is -1.00 e. The molecule has 0 aromatic heterocycles. The van der Waals surface area contributed by atoms with Crippen molar-refractivity contribution in [2.75, 3.05) is 66.5 Å². The van der Waals surface area contributed by atoms with Gasteiger partial charge in [-0.2, -0.15) is 0 Å². The summed E-state index contributed by atoms with van der Waals surface area (Å²) in [5.41, 5.74) is 19.2. The first kappa shape index (κ1) is 93.1. The van der Waals surface area contributed by atoms with Crippen molar-refractivity contribution in [3.05, 3.63) is 431 Å². The highest BCUT2D eigenvalue weighted by atomic mass is 127. The molecular formula is C106H120I2N8O5. The van der Waals surface area contributed by atoms with Gasteiger partial charge < -0.3 is 83.7 Å². The topological polar surface area (TPSA) is 157 Å². The van der Waals surface area contributed by atoms with Crippen molar-refractivity contribution >= 4 is 23.7 Å². The number of carboxylic acids is 1. The lowest BCUT2D eigenvalue weighted by Gasteiger charge is -2.42. The molecule has 6 atom stereocenters. The fourth-order valence-corrected chi connectivity index (χ4v) is 17.7. The van der Waals surface area contributed by atoms with Crippen LogP contribution in [0.5, 0.6) is 0 Å². The van der Waals surface area contributed by atoms with Crippen LogP contribution in [0.3, 0.4) is 0 Å². The molecular weight excluding hydrogens is 1720 g/mol. The number of likely N-dealkylation sites (N-methyl/N-ethyl adjacent to an activating group) is 2. The Morgan fingerprint density at radius 3 is 0.826 bits per heavy atom. The van der Waals surface area contributed by atoms with Crippen molar-refractivity contribution in [2.45, 2.75) is 125 Å². The summed E-state index contributed by atoms with van der Waals surface area (Å²) in [5, 5.41) is 19.4. The van der Waals surface area contributed by atoms with E-state index in [1.807, 2.05) is 243 Å². The maximum absolute atomic E-state index is 13.5. The van der Waals surface area contributed by atoms with Gasteiger partial charge in [0.25, 0.3) is 0 Å². The molecule has 13 nitrogen and oxygen atoms in total. The summed E-state index contributed by atoms with van der Waals surface area (Å²) in [6, 6.07) is 123. The van der Waals surface area contributed by atoms with E-state index in [-0.39, 0.29) is 102 Å². The first-order chi connectivity index (χ1) is 58.2. The Labute approximate surface area is 753 Å². The van der Waals surface area contributed by atoms with Gasteiger partial charge in [0, 0.05) is 49.4 Å². The lowest BCUT2D eigenvalue weighted by molar-refractivity contribution is -0.927. The third-order valence-electron chi connectivity index (χ3n) is 23.3. The molecule has 0 radical (unpaired) electrons. The van der Waals surface area contributed by atoms with E-state index < -0.39 is 11.9 Å². The van der Waals surface area contributed by atoms with Gasteiger partial charge in [-0.1, -0.05) is 364 Å². The zero-order chi connectivity index (χ0) is 82.7. The second kappa shape index (κ2) is 49.0. The maximum Gasteiger partial charge on any atom is 0.315 e. The molecule has 4 heterocycles. The van der Waals surface area contributed by atoms with Gasteiger partial charge in [0.1, 0.15) is 19.0 Å². The predicted molar refractivity (Wildman–Crippen MR) is 483 cm³/mol. The number of amides is 3. The van der Waals surface area contributed by atoms with Crippen LogP contribution in [0.2, 0.25) is 0 Å². The molecule has 6 N–H and O–H groups in total. The summed E-state index contributed by atoms with van der Waals surface area (Å²) in [7, 11) is 4.63. The number of piperidine rings is 4. The van der Waals surface area contributed by atoms with Gasteiger partial charge in [0.2, 0.25) is 17.7 Å². The molecule has 4 saturated heterocycles. The normalized spacial score (nSPS) is 18.8. The highest BCUT2D eigenvalue weighted by Crippen LogP contribution is 2.32. The minimum atomic E-state index is -0.822. The van der Waals surface area contributed by atoms with Gasteiger partial charge in [0.05, 0.1) is 70.1 Å². The fraction of sp³-hybridized carbons (Fsp3) is 0.283. The third kappa shape index (κ3) is 29.5. The van der Waals surface area contributed by atoms with E-state index in [0.717, 1.165) is 164 Å². The van der Waals surface area contributed by atoms with E-state index in [9.17, 15) is 24.3 Å². The Morgan fingerprint density at radius 2 is 0.554 bits per heavy atom. The summed E-state index contributed by atoms with van der Waals surface area (Å²) < 4.78 is 1.94. The molecule has 628 valence electrons.